The summed E-state index contributed by atoms with van der Waals surface area (Å²) in [5.41, 5.74) is 1.87. The molecule has 2 aromatic rings. The van der Waals surface area contributed by atoms with Crippen molar-refractivity contribution in [2.75, 3.05) is 26.7 Å². The van der Waals surface area contributed by atoms with E-state index in [0.29, 0.717) is 12.3 Å². The van der Waals surface area contributed by atoms with Crippen LogP contribution < -0.4 is 4.74 Å². The Morgan fingerprint density at radius 1 is 1.29 bits per heavy atom. The molecule has 0 aliphatic carbocycles. The highest BCUT2D eigenvalue weighted by atomic mass is 32.2. The number of unbranched alkanes of at least 4 members (excludes halogenated alkanes) is 1. The van der Waals surface area contributed by atoms with E-state index in [0.717, 1.165) is 30.5 Å². The Labute approximate surface area is 203 Å². The predicted molar refractivity (Wildman–Crippen MR) is 133 cm³/mol. The Morgan fingerprint density at radius 3 is 2.71 bits per heavy atom. The summed E-state index contributed by atoms with van der Waals surface area (Å²) < 4.78 is 34.9. The monoisotopic (exact) mass is 485 g/mol. The average Bonchev–Trinajstić information content (AvgIpc) is 2.81. The number of aliphatic hydroxyl groups excluding tert-OH is 1. The van der Waals surface area contributed by atoms with E-state index >= 15 is 0 Å². The van der Waals surface area contributed by atoms with Gasteiger partial charge in [0.2, 0.25) is 10.0 Å². The minimum atomic E-state index is -3.85. The fourth-order valence-corrected chi connectivity index (χ4v) is 5.81. The van der Waals surface area contributed by atoms with Gasteiger partial charge in [0, 0.05) is 56.0 Å². The van der Waals surface area contributed by atoms with Crippen molar-refractivity contribution in [1.29, 1.82) is 0 Å². The quantitative estimate of drug-likeness (QED) is 0.607. The topological polar surface area (TPSA) is 83.0 Å². The number of aliphatic hydroxyl groups is 1. The number of nitrogens with zero attached hydrogens (tertiary/aromatic N) is 3. The van der Waals surface area contributed by atoms with Gasteiger partial charge in [-0.05, 0) is 56.3 Å². The molecule has 0 unspecified atom stereocenters. The van der Waals surface area contributed by atoms with Gasteiger partial charge in [0.15, 0.2) is 0 Å². The van der Waals surface area contributed by atoms with E-state index in [1.807, 2.05) is 26.1 Å². The van der Waals surface area contributed by atoms with Crippen molar-refractivity contribution < 1.29 is 18.3 Å². The Balaban J connectivity index is 1.97. The molecule has 1 N–H and O–H groups in total. The third-order valence-corrected chi connectivity index (χ3v) is 7.99. The van der Waals surface area contributed by atoms with Gasteiger partial charge in [-0.2, -0.15) is 4.31 Å². The molecule has 1 aromatic heterocycles. The molecular formula is C26H35N3O4S. The van der Waals surface area contributed by atoms with E-state index in [9.17, 15) is 13.5 Å². The molecule has 3 atom stereocenters. The molecule has 1 aliphatic rings. The summed E-state index contributed by atoms with van der Waals surface area (Å²) in [6.45, 7) is 7.12. The van der Waals surface area contributed by atoms with Crippen LogP contribution in [-0.4, -0.2) is 66.6 Å². The molecule has 1 aromatic carbocycles. The summed E-state index contributed by atoms with van der Waals surface area (Å²) in [6, 6.07) is 8.44. The van der Waals surface area contributed by atoms with Crippen LogP contribution >= 0.6 is 0 Å². The van der Waals surface area contributed by atoms with Crippen molar-refractivity contribution in [3.63, 3.8) is 0 Å². The first-order chi connectivity index (χ1) is 16.3. The summed E-state index contributed by atoms with van der Waals surface area (Å²) in [7, 11) is -1.83. The van der Waals surface area contributed by atoms with E-state index in [2.05, 4.69) is 28.6 Å². The van der Waals surface area contributed by atoms with Gasteiger partial charge in [0.25, 0.3) is 0 Å². The minimum Gasteiger partial charge on any atom is -0.487 e. The molecule has 0 bridgehead atoms. The molecular weight excluding hydrogens is 450 g/mol. The van der Waals surface area contributed by atoms with E-state index in [1.54, 1.807) is 37.5 Å². The van der Waals surface area contributed by atoms with E-state index < -0.39 is 16.1 Å². The van der Waals surface area contributed by atoms with Crippen LogP contribution in [0.5, 0.6) is 5.75 Å². The molecule has 0 spiro atoms. The van der Waals surface area contributed by atoms with Crippen LogP contribution in [0.25, 0.3) is 0 Å². The number of likely N-dealkylation sites (N-methyl/N-ethyl adjacent to an activating group) is 1. The highest BCUT2D eigenvalue weighted by Crippen LogP contribution is 2.34. The number of rotatable bonds is 7. The summed E-state index contributed by atoms with van der Waals surface area (Å²) in [4.78, 5) is 6.35. The van der Waals surface area contributed by atoms with Crippen LogP contribution in [0.2, 0.25) is 0 Å². The zero-order chi connectivity index (χ0) is 24.7. The molecule has 3 rings (SSSR count). The molecule has 0 amide bonds. The Morgan fingerprint density at radius 2 is 2.03 bits per heavy atom. The van der Waals surface area contributed by atoms with Gasteiger partial charge < -0.3 is 9.84 Å². The van der Waals surface area contributed by atoms with E-state index in [1.165, 1.54) is 4.31 Å². The standard InChI is InChI=1S/C26H35N3O4S/c1-5-6-7-8-22-9-10-26-24(15-22)33-25(18-28(4)17-23-11-13-27-14-12-23)20(2)16-29(21(3)19-30)34(26,31)32/h9-15,20-21,25,30H,5-6,16-19H2,1-4H3/t20-,21+,25+/m1/s1. The van der Waals surface area contributed by atoms with Crippen molar-refractivity contribution in [2.45, 2.75) is 57.2 Å². The number of hydrogen-bond donors (Lipinski definition) is 1. The van der Waals surface area contributed by atoms with Gasteiger partial charge in [-0.25, -0.2) is 8.42 Å². The van der Waals surface area contributed by atoms with Crippen molar-refractivity contribution >= 4 is 10.0 Å². The first kappa shape index (κ1) is 26.2. The summed E-state index contributed by atoms with van der Waals surface area (Å²) in [5.74, 6) is 6.43. The molecule has 7 nitrogen and oxygen atoms in total. The molecule has 0 saturated heterocycles. The van der Waals surface area contributed by atoms with E-state index in [-0.39, 0.29) is 30.1 Å². The minimum absolute atomic E-state index is 0.105. The van der Waals surface area contributed by atoms with Crippen LogP contribution in [0, 0.1) is 17.8 Å². The van der Waals surface area contributed by atoms with Crippen LogP contribution in [0.15, 0.2) is 47.6 Å². The van der Waals surface area contributed by atoms with Crippen molar-refractivity contribution in [3.05, 3.63) is 53.9 Å². The van der Waals surface area contributed by atoms with Crippen molar-refractivity contribution in [1.82, 2.24) is 14.2 Å². The average molecular weight is 486 g/mol. The van der Waals surface area contributed by atoms with Gasteiger partial charge in [-0.1, -0.05) is 25.7 Å². The Hall–Kier alpha value is -2.44. The number of fused-ring (bicyclic) bond motifs is 1. The molecule has 0 fully saturated rings. The van der Waals surface area contributed by atoms with Crippen LogP contribution in [0.3, 0.4) is 0 Å². The smallest absolute Gasteiger partial charge is 0.247 e. The maximum atomic E-state index is 13.5. The fraction of sp³-hybridized carbons (Fsp3) is 0.500. The second-order valence-electron chi connectivity index (χ2n) is 9.01. The highest BCUT2D eigenvalue weighted by molar-refractivity contribution is 7.89. The number of sulfonamides is 1. The van der Waals surface area contributed by atoms with Crippen molar-refractivity contribution in [2.24, 2.45) is 5.92 Å². The first-order valence-electron chi connectivity index (χ1n) is 11.8. The number of hydrogen-bond acceptors (Lipinski definition) is 6. The van der Waals surface area contributed by atoms with E-state index in [4.69, 9.17) is 4.74 Å². The molecule has 8 heteroatoms. The van der Waals surface area contributed by atoms with Crippen LogP contribution in [0.1, 0.15) is 44.7 Å². The highest BCUT2D eigenvalue weighted by Gasteiger charge is 2.38. The van der Waals surface area contributed by atoms with Crippen LogP contribution in [-0.2, 0) is 16.6 Å². The summed E-state index contributed by atoms with van der Waals surface area (Å²) in [5, 5.41) is 9.79. The lowest BCUT2D eigenvalue weighted by atomic mass is 10.0. The lowest BCUT2D eigenvalue weighted by molar-refractivity contribution is 0.0733. The van der Waals surface area contributed by atoms with Gasteiger partial charge in [0.1, 0.15) is 16.7 Å². The molecule has 184 valence electrons. The maximum absolute atomic E-state index is 13.5. The normalized spacial score (nSPS) is 20.9. The second-order valence-corrected chi connectivity index (χ2v) is 10.9. The summed E-state index contributed by atoms with van der Waals surface area (Å²) >= 11 is 0. The van der Waals surface area contributed by atoms with Gasteiger partial charge >= 0.3 is 0 Å². The Kier molecular flexibility index (Phi) is 9.09. The molecule has 2 heterocycles. The zero-order valence-corrected chi connectivity index (χ0v) is 21.3. The summed E-state index contributed by atoms with van der Waals surface area (Å²) in [6.07, 6.45) is 5.02. The van der Waals surface area contributed by atoms with Crippen LogP contribution in [0.4, 0.5) is 0 Å². The third-order valence-electron chi connectivity index (χ3n) is 5.97. The largest absolute Gasteiger partial charge is 0.487 e. The maximum Gasteiger partial charge on any atom is 0.247 e. The molecule has 0 radical (unpaired) electrons. The number of pyridine rings is 1. The Bertz CT molecular complexity index is 1110. The van der Waals surface area contributed by atoms with Gasteiger partial charge in [-0.15, -0.1) is 0 Å². The third kappa shape index (κ3) is 6.36. The SMILES string of the molecule is CCCC#Cc1ccc2c(c1)O[C@@H](CN(C)Cc1ccncc1)[C@H](C)CN([C@@H](C)CO)S2(=O)=O. The number of benzene rings is 1. The molecule has 34 heavy (non-hydrogen) atoms. The van der Waals surface area contributed by atoms with Gasteiger partial charge in [-0.3, -0.25) is 9.88 Å². The van der Waals surface area contributed by atoms with Gasteiger partial charge in [0.05, 0.1) is 6.61 Å². The lowest BCUT2D eigenvalue weighted by Crippen LogP contribution is -2.49. The molecule has 1 aliphatic heterocycles. The van der Waals surface area contributed by atoms with Crippen molar-refractivity contribution in [3.8, 4) is 17.6 Å². The first-order valence-corrected chi connectivity index (χ1v) is 13.2. The zero-order valence-electron chi connectivity index (χ0n) is 20.4. The lowest BCUT2D eigenvalue weighted by Gasteiger charge is -2.37. The fourth-order valence-electron chi connectivity index (χ4n) is 3.98. The molecule has 0 saturated carbocycles. The predicted octanol–water partition coefficient (Wildman–Crippen LogP) is 3.13. The number of aromatic nitrogens is 1. The number of ether oxygens (including phenoxy) is 1. The second kappa shape index (κ2) is 11.8.